The molecule has 0 spiro atoms. The minimum Gasteiger partial charge on any atom is -0.493 e. The van der Waals surface area contributed by atoms with E-state index >= 15 is 0 Å². The van der Waals surface area contributed by atoms with Crippen LogP contribution in [-0.4, -0.2) is 30.7 Å². The fraction of sp³-hybridized carbons (Fsp3) is 0.440. The monoisotopic (exact) mass is 507 g/mol. The topological polar surface area (TPSA) is 83.4 Å². The molecule has 186 valence electrons. The molecule has 1 amide bonds. The number of ether oxygens (including phenoxy) is 2. The molecule has 5 rings (SSSR count). The van der Waals surface area contributed by atoms with Crippen LogP contribution in [-0.2, 0) is 23.9 Å². The van der Waals surface area contributed by atoms with Gasteiger partial charge in [0.15, 0.2) is 0 Å². The van der Waals surface area contributed by atoms with Crippen LogP contribution in [0.25, 0.3) is 0 Å². The van der Waals surface area contributed by atoms with Crippen LogP contribution in [0.3, 0.4) is 0 Å². The molecule has 1 aliphatic carbocycles. The van der Waals surface area contributed by atoms with Crippen LogP contribution in [0.1, 0.15) is 42.4 Å². The highest BCUT2D eigenvalue weighted by atomic mass is 35.5. The standard InChI is InChI=1S/C25H25ClF3N3O3/c26-19-11-16-3-6-21(19)34-9-1-2-10-35-22-13-18(25(27,28)29)5-4-17(22)14-31-20(12-16)23(33)32-24(15-30)7-8-24/h3-6,11,13,20,31H,1-2,7-10,12,14H2,(H,32,33). The van der Waals surface area contributed by atoms with E-state index in [2.05, 4.69) is 16.7 Å². The first kappa shape index (κ1) is 25.1. The first-order valence-electron chi connectivity index (χ1n) is 11.4. The van der Waals surface area contributed by atoms with Gasteiger partial charge in [-0.2, -0.15) is 18.4 Å². The summed E-state index contributed by atoms with van der Waals surface area (Å²) in [6.07, 6.45) is -1.89. The number of nitrogens with one attached hydrogen (secondary N) is 2. The highest BCUT2D eigenvalue weighted by Crippen LogP contribution is 2.35. The zero-order chi connectivity index (χ0) is 25.1. The third-order valence-corrected chi connectivity index (χ3v) is 6.36. The molecule has 0 aromatic heterocycles. The van der Waals surface area contributed by atoms with Gasteiger partial charge in [-0.1, -0.05) is 23.7 Å². The van der Waals surface area contributed by atoms with Crippen LogP contribution in [0.5, 0.6) is 11.5 Å². The quantitative estimate of drug-likeness (QED) is 0.611. The van der Waals surface area contributed by atoms with Crippen molar-refractivity contribution in [2.45, 2.75) is 56.4 Å². The van der Waals surface area contributed by atoms with Crippen molar-refractivity contribution in [3.05, 3.63) is 58.1 Å². The first-order valence-corrected chi connectivity index (χ1v) is 11.8. The van der Waals surface area contributed by atoms with E-state index in [0.717, 1.165) is 17.7 Å². The Labute approximate surface area is 206 Å². The van der Waals surface area contributed by atoms with Gasteiger partial charge in [-0.3, -0.25) is 4.79 Å². The molecular formula is C25H25ClF3N3O3. The van der Waals surface area contributed by atoms with Gasteiger partial charge in [-0.25, -0.2) is 0 Å². The van der Waals surface area contributed by atoms with Crippen molar-refractivity contribution in [1.29, 1.82) is 5.26 Å². The molecule has 2 bridgehead atoms. The Morgan fingerprint density at radius 1 is 1.11 bits per heavy atom. The van der Waals surface area contributed by atoms with Crippen LogP contribution >= 0.6 is 11.6 Å². The number of carbonyl (C=O) groups is 1. The lowest BCUT2D eigenvalue weighted by molar-refractivity contribution is -0.137. The second-order valence-corrected chi connectivity index (χ2v) is 9.22. The fourth-order valence-electron chi connectivity index (χ4n) is 3.81. The SMILES string of the molecule is N#CC1(NC(=O)C2Cc3ccc(c(Cl)c3)OCCCCOc3cc(C(F)(F)F)ccc3CN2)CC1. The van der Waals surface area contributed by atoms with Crippen molar-refractivity contribution < 1.29 is 27.4 Å². The van der Waals surface area contributed by atoms with Crippen molar-refractivity contribution in [3.8, 4) is 17.6 Å². The lowest BCUT2D eigenvalue weighted by atomic mass is 10.0. The molecule has 1 unspecified atom stereocenters. The zero-order valence-electron chi connectivity index (χ0n) is 18.9. The number of rotatable bonds is 2. The van der Waals surface area contributed by atoms with Crippen molar-refractivity contribution in [3.63, 3.8) is 0 Å². The number of benzene rings is 2. The number of carbonyl (C=O) groups excluding carboxylic acids is 1. The number of alkyl halides is 3. The maximum Gasteiger partial charge on any atom is 0.416 e. The molecular weight excluding hydrogens is 483 g/mol. The molecule has 1 fully saturated rings. The minimum absolute atomic E-state index is 0.0973. The average molecular weight is 508 g/mol. The summed E-state index contributed by atoms with van der Waals surface area (Å²) >= 11 is 6.37. The zero-order valence-corrected chi connectivity index (χ0v) is 19.6. The summed E-state index contributed by atoms with van der Waals surface area (Å²) in [7, 11) is 0. The minimum atomic E-state index is -4.50. The van der Waals surface area contributed by atoms with E-state index < -0.39 is 23.3 Å². The third-order valence-electron chi connectivity index (χ3n) is 6.07. The second kappa shape index (κ2) is 10.3. The summed E-state index contributed by atoms with van der Waals surface area (Å²) in [4.78, 5) is 13.1. The fourth-order valence-corrected chi connectivity index (χ4v) is 4.06. The van der Waals surface area contributed by atoms with Crippen LogP contribution in [0.4, 0.5) is 13.2 Å². The molecule has 35 heavy (non-hydrogen) atoms. The Balaban J connectivity index is 1.62. The number of fused-ring (bicyclic) bond motifs is 10. The van der Waals surface area contributed by atoms with Crippen molar-refractivity contribution in [2.24, 2.45) is 0 Å². The smallest absolute Gasteiger partial charge is 0.416 e. The third kappa shape index (κ3) is 6.38. The summed E-state index contributed by atoms with van der Waals surface area (Å²) in [6, 6.07) is 10.0. The van der Waals surface area contributed by atoms with E-state index in [1.165, 1.54) is 6.07 Å². The first-order chi connectivity index (χ1) is 16.7. The normalized spacial score (nSPS) is 20.0. The highest BCUT2D eigenvalue weighted by Gasteiger charge is 2.45. The number of amides is 1. The molecule has 2 N–H and O–H groups in total. The Hall–Kier alpha value is -2.96. The number of hydrogen-bond acceptors (Lipinski definition) is 5. The number of hydrogen-bond donors (Lipinski definition) is 2. The molecule has 1 saturated carbocycles. The van der Waals surface area contributed by atoms with Gasteiger partial charge < -0.3 is 20.1 Å². The van der Waals surface area contributed by atoms with Gasteiger partial charge in [0, 0.05) is 12.1 Å². The molecule has 2 aromatic carbocycles. The van der Waals surface area contributed by atoms with Crippen molar-refractivity contribution >= 4 is 17.5 Å². The molecule has 0 radical (unpaired) electrons. The lowest BCUT2D eigenvalue weighted by Crippen LogP contribution is -2.49. The molecule has 3 aliphatic rings. The van der Waals surface area contributed by atoms with Gasteiger partial charge in [0.2, 0.25) is 5.91 Å². The van der Waals surface area contributed by atoms with Gasteiger partial charge in [0.1, 0.15) is 17.0 Å². The lowest BCUT2D eigenvalue weighted by Gasteiger charge is -2.22. The molecule has 1 atom stereocenters. The van der Waals surface area contributed by atoms with E-state index in [-0.39, 0.29) is 31.2 Å². The molecule has 2 aliphatic heterocycles. The summed E-state index contributed by atoms with van der Waals surface area (Å²) in [5, 5.41) is 15.7. The summed E-state index contributed by atoms with van der Waals surface area (Å²) in [6.45, 7) is 0.680. The molecule has 6 nitrogen and oxygen atoms in total. The van der Waals surface area contributed by atoms with Gasteiger partial charge in [-0.15, -0.1) is 0 Å². The Morgan fingerprint density at radius 2 is 1.83 bits per heavy atom. The summed E-state index contributed by atoms with van der Waals surface area (Å²) in [5.41, 5.74) is -0.393. The van der Waals surface area contributed by atoms with Gasteiger partial charge in [-0.05, 0) is 61.9 Å². The van der Waals surface area contributed by atoms with Crippen molar-refractivity contribution in [1.82, 2.24) is 10.6 Å². The molecule has 2 heterocycles. The van der Waals surface area contributed by atoms with E-state index in [0.29, 0.717) is 48.6 Å². The number of halogens is 4. The van der Waals surface area contributed by atoms with Crippen LogP contribution in [0.15, 0.2) is 36.4 Å². The maximum atomic E-state index is 13.3. The van der Waals surface area contributed by atoms with Gasteiger partial charge in [0.05, 0.1) is 35.9 Å². The maximum absolute atomic E-state index is 13.3. The Bertz CT molecular complexity index is 1130. The van der Waals surface area contributed by atoms with E-state index in [9.17, 15) is 23.2 Å². The number of nitriles is 1. The largest absolute Gasteiger partial charge is 0.493 e. The second-order valence-electron chi connectivity index (χ2n) is 8.81. The van der Waals surface area contributed by atoms with E-state index in [1.807, 2.05) is 6.07 Å². The Kier molecular flexibility index (Phi) is 7.43. The summed E-state index contributed by atoms with van der Waals surface area (Å²) < 4.78 is 51.3. The van der Waals surface area contributed by atoms with Crippen LogP contribution < -0.4 is 20.1 Å². The molecule has 10 heteroatoms. The highest BCUT2D eigenvalue weighted by molar-refractivity contribution is 6.32. The summed E-state index contributed by atoms with van der Waals surface area (Å²) in [5.74, 6) is 0.261. The Morgan fingerprint density at radius 3 is 2.46 bits per heavy atom. The molecule has 2 aromatic rings. The average Bonchev–Trinajstić information content (AvgIpc) is 3.58. The van der Waals surface area contributed by atoms with Crippen molar-refractivity contribution in [2.75, 3.05) is 13.2 Å². The van der Waals surface area contributed by atoms with Crippen LogP contribution in [0.2, 0.25) is 5.02 Å². The van der Waals surface area contributed by atoms with Crippen LogP contribution in [0, 0.1) is 11.3 Å². The number of nitrogens with zero attached hydrogens (tertiary/aromatic N) is 1. The van der Waals surface area contributed by atoms with Gasteiger partial charge >= 0.3 is 6.18 Å². The molecule has 0 saturated heterocycles. The predicted molar refractivity (Wildman–Crippen MR) is 123 cm³/mol. The van der Waals surface area contributed by atoms with E-state index in [1.54, 1.807) is 12.1 Å². The predicted octanol–water partition coefficient (Wildman–Crippen LogP) is 4.78. The van der Waals surface area contributed by atoms with Gasteiger partial charge in [0.25, 0.3) is 0 Å². The van der Waals surface area contributed by atoms with E-state index in [4.69, 9.17) is 21.1 Å².